The average molecular weight is 484 g/mol. The first kappa shape index (κ1) is 23.1. The highest BCUT2D eigenvalue weighted by Gasteiger charge is 2.31. The Kier molecular flexibility index (Phi) is 6.37. The highest BCUT2D eigenvalue weighted by molar-refractivity contribution is 5.70. The summed E-state index contributed by atoms with van der Waals surface area (Å²) in [4.78, 5) is 12.0. The summed E-state index contributed by atoms with van der Waals surface area (Å²) in [5.74, 6) is 1.33. The first-order valence-corrected chi connectivity index (χ1v) is 12.9. The predicted octanol–water partition coefficient (Wildman–Crippen LogP) is 4.47. The number of likely N-dealkylation sites (tertiary alicyclic amines) is 1. The van der Waals surface area contributed by atoms with Gasteiger partial charge in [0.25, 0.3) is 0 Å². The third-order valence-electron chi connectivity index (χ3n) is 7.68. The minimum atomic E-state index is 0.445. The smallest absolute Gasteiger partial charge is 0.159 e. The quantitative estimate of drug-likeness (QED) is 0.417. The standard InChI is InChI=1S/C28H33N7O/c1-20-19-36-11-8-27(20)34-9-6-26(7-10-34)35-18-25(16-32-35)23-13-29-28(30-14-23)22-5-3-4-21(12-22)24-15-31-33(2)17-24/h3-5,12-18,20,26-27H,6-11,19H2,1-2H3. The molecular formula is C28H33N7O. The molecule has 2 unspecified atom stereocenters. The molecule has 2 aliphatic heterocycles. The van der Waals surface area contributed by atoms with Gasteiger partial charge in [-0.3, -0.25) is 14.3 Å². The monoisotopic (exact) mass is 483 g/mol. The molecule has 3 aromatic heterocycles. The molecule has 0 spiro atoms. The molecule has 5 heterocycles. The summed E-state index contributed by atoms with van der Waals surface area (Å²) in [6.45, 7) is 6.37. The normalized spacial score (nSPS) is 21.6. The van der Waals surface area contributed by atoms with Gasteiger partial charge in [0.1, 0.15) is 0 Å². The molecule has 36 heavy (non-hydrogen) atoms. The van der Waals surface area contributed by atoms with Gasteiger partial charge in [-0.2, -0.15) is 10.2 Å². The van der Waals surface area contributed by atoms with E-state index in [1.807, 2.05) is 54.8 Å². The predicted molar refractivity (Wildman–Crippen MR) is 139 cm³/mol. The van der Waals surface area contributed by atoms with Crippen LogP contribution in [0.2, 0.25) is 0 Å². The van der Waals surface area contributed by atoms with E-state index in [4.69, 9.17) is 9.84 Å². The molecule has 1 aromatic carbocycles. The summed E-state index contributed by atoms with van der Waals surface area (Å²) in [5, 5.41) is 8.99. The van der Waals surface area contributed by atoms with Crippen LogP contribution in [0.5, 0.6) is 0 Å². The van der Waals surface area contributed by atoms with Gasteiger partial charge >= 0.3 is 0 Å². The van der Waals surface area contributed by atoms with E-state index >= 15 is 0 Å². The summed E-state index contributed by atoms with van der Waals surface area (Å²) < 4.78 is 9.59. The van der Waals surface area contributed by atoms with Crippen molar-refractivity contribution in [3.05, 3.63) is 61.4 Å². The number of rotatable bonds is 5. The maximum Gasteiger partial charge on any atom is 0.159 e. The van der Waals surface area contributed by atoms with Crippen LogP contribution in [0.1, 0.15) is 32.2 Å². The molecule has 6 rings (SSSR count). The molecule has 2 fully saturated rings. The van der Waals surface area contributed by atoms with Crippen LogP contribution in [-0.4, -0.2) is 66.8 Å². The number of piperidine rings is 1. The highest BCUT2D eigenvalue weighted by atomic mass is 16.5. The average Bonchev–Trinajstić information content (AvgIpc) is 3.59. The zero-order chi connectivity index (χ0) is 24.5. The van der Waals surface area contributed by atoms with E-state index in [1.54, 1.807) is 0 Å². The molecule has 0 amide bonds. The Morgan fingerprint density at radius 1 is 0.833 bits per heavy atom. The largest absolute Gasteiger partial charge is 0.381 e. The fourth-order valence-electron chi connectivity index (χ4n) is 5.61. The fraction of sp³-hybridized carbons (Fsp3) is 0.429. The Bertz CT molecular complexity index is 1300. The van der Waals surface area contributed by atoms with E-state index in [0.29, 0.717) is 23.8 Å². The Balaban J connectivity index is 1.12. The molecule has 2 atom stereocenters. The third-order valence-corrected chi connectivity index (χ3v) is 7.68. The van der Waals surface area contributed by atoms with Gasteiger partial charge in [0, 0.05) is 79.8 Å². The Hall–Kier alpha value is -3.36. The van der Waals surface area contributed by atoms with E-state index in [-0.39, 0.29) is 0 Å². The third kappa shape index (κ3) is 4.70. The van der Waals surface area contributed by atoms with Gasteiger partial charge in [-0.05, 0) is 36.8 Å². The minimum Gasteiger partial charge on any atom is -0.381 e. The second-order valence-electron chi connectivity index (χ2n) is 10.2. The van der Waals surface area contributed by atoms with E-state index < -0.39 is 0 Å². The topological polar surface area (TPSA) is 73.9 Å². The van der Waals surface area contributed by atoms with Crippen molar-refractivity contribution in [1.29, 1.82) is 0 Å². The number of aryl methyl sites for hydroxylation is 1. The van der Waals surface area contributed by atoms with E-state index in [9.17, 15) is 0 Å². The summed E-state index contributed by atoms with van der Waals surface area (Å²) in [6, 6.07) is 9.37. The van der Waals surface area contributed by atoms with Crippen molar-refractivity contribution in [2.45, 2.75) is 38.3 Å². The maximum atomic E-state index is 5.64. The van der Waals surface area contributed by atoms with Crippen molar-refractivity contribution in [3.63, 3.8) is 0 Å². The molecule has 4 aromatic rings. The van der Waals surface area contributed by atoms with Crippen LogP contribution in [0.15, 0.2) is 61.4 Å². The molecule has 0 radical (unpaired) electrons. The SMILES string of the molecule is CC1COCCC1N1CCC(n2cc(-c3cnc(-c4cccc(-c5cnn(C)c5)c4)nc3)cn2)CC1. The number of hydrogen-bond acceptors (Lipinski definition) is 6. The number of benzene rings is 1. The second-order valence-corrected chi connectivity index (χ2v) is 10.2. The lowest BCUT2D eigenvalue weighted by molar-refractivity contribution is -0.0161. The summed E-state index contributed by atoms with van der Waals surface area (Å²) in [6.07, 6.45) is 15.2. The molecule has 0 bridgehead atoms. The Morgan fingerprint density at radius 3 is 2.33 bits per heavy atom. The van der Waals surface area contributed by atoms with Crippen LogP contribution in [-0.2, 0) is 11.8 Å². The molecule has 8 heteroatoms. The molecule has 2 saturated heterocycles. The maximum absolute atomic E-state index is 5.64. The zero-order valence-corrected chi connectivity index (χ0v) is 21.0. The summed E-state index contributed by atoms with van der Waals surface area (Å²) in [5.41, 5.74) is 5.22. The first-order valence-electron chi connectivity index (χ1n) is 12.9. The first-order chi connectivity index (χ1) is 17.6. The van der Waals surface area contributed by atoms with Gasteiger partial charge in [-0.25, -0.2) is 9.97 Å². The molecule has 8 nitrogen and oxygen atoms in total. The summed E-state index contributed by atoms with van der Waals surface area (Å²) in [7, 11) is 1.92. The van der Waals surface area contributed by atoms with Gasteiger partial charge in [0.15, 0.2) is 5.82 Å². The van der Waals surface area contributed by atoms with Gasteiger partial charge in [-0.1, -0.05) is 25.1 Å². The van der Waals surface area contributed by atoms with Crippen molar-refractivity contribution in [2.75, 3.05) is 26.3 Å². The van der Waals surface area contributed by atoms with Crippen molar-refractivity contribution >= 4 is 0 Å². The molecule has 0 aliphatic carbocycles. The second kappa shape index (κ2) is 9.95. The Morgan fingerprint density at radius 2 is 1.58 bits per heavy atom. The number of ether oxygens (including phenoxy) is 1. The van der Waals surface area contributed by atoms with E-state index in [2.05, 4.69) is 49.9 Å². The number of aromatic nitrogens is 6. The lowest BCUT2D eigenvalue weighted by Crippen LogP contribution is -2.48. The fourth-order valence-corrected chi connectivity index (χ4v) is 5.61. The van der Waals surface area contributed by atoms with Crippen LogP contribution in [0.3, 0.4) is 0 Å². The lowest BCUT2D eigenvalue weighted by Gasteiger charge is -2.42. The van der Waals surface area contributed by atoms with Crippen molar-refractivity contribution in [1.82, 2.24) is 34.4 Å². The Labute approximate surface area is 211 Å². The van der Waals surface area contributed by atoms with Gasteiger partial charge in [0.2, 0.25) is 0 Å². The zero-order valence-electron chi connectivity index (χ0n) is 21.0. The molecule has 0 N–H and O–H groups in total. The van der Waals surface area contributed by atoms with Crippen LogP contribution in [0.25, 0.3) is 33.6 Å². The molecule has 0 saturated carbocycles. The van der Waals surface area contributed by atoms with Crippen LogP contribution in [0, 0.1) is 5.92 Å². The van der Waals surface area contributed by atoms with Crippen LogP contribution in [0.4, 0.5) is 0 Å². The highest BCUT2D eigenvalue weighted by Crippen LogP contribution is 2.30. The molecule has 2 aliphatic rings. The summed E-state index contributed by atoms with van der Waals surface area (Å²) >= 11 is 0. The lowest BCUT2D eigenvalue weighted by atomic mass is 9.93. The van der Waals surface area contributed by atoms with Crippen LogP contribution < -0.4 is 0 Å². The number of hydrogen-bond donors (Lipinski definition) is 0. The van der Waals surface area contributed by atoms with E-state index in [1.165, 1.54) is 0 Å². The van der Waals surface area contributed by atoms with E-state index in [0.717, 1.165) is 73.4 Å². The van der Waals surface area contributed by atoms with Crippen LogP contribution >= 0.6 is 0 Å². The van der Waals surface area contributed by atoms with Crippen molar-refractivity contribution < 1.29 is 4.74 Å². The molecule has 186 valence electrons. The van der Waals surface area contributed by atoms with Crippen molar-refractivity contribution in [2.24, 2.45) is 13.0 Å². The van der Waals surface area contributed by atoms with Gasteiger partial charge in [0.05, 0.1) is 25.0 Å². The van der Waals surface area contributed by atoms with Crippen molar-refractivity contribution in [3.8, 4) is 33.6 Å². The molecular weight excluding hydrogens is 450 g/mol. The number of nitrogens with zero attached hydrogens (tertiary/aromatic N) is 7. The minimum absolute atomic E-state index is 0.445. The van der Waals surface area contributed by atoms with Gasteiger partial charge in [-0.15, -0.1) is 0 Å². The van der Waals surface area contributed by atoms with Gasteiger partial charge < -0.3 is 4.74 Å².